The zero-order valence-corrected chi connectivity index (χ0v) is 31.5. The highest BCUT2D eigenvalue weighted by Crippen LogP contribution is 2.25. The molecule has 2 fully saturated rings. The number of ether oxygens (including phenoxy) is 3. The van der Waals surface area contributed by atoms with Crippen LogP contribution in [-0.2, 0) is 4.74 Å². The molecule has 0 spiro atoms. The van der Waals surface area contributed by atoms with Gasteiger partial charge in [-0.2, -0.15) is 0 Å². The van der Waals surface area contributed by atoms with Crippen molar-refractivity contribution in [3.8, 4) is 23.0 Å². The molecule has 6 rings (SSSR count). The number of nitrogens with zero attached hydrogens (tertiary/aromatic N) is 3. The molecule has 4 aromatic carbocycles. The van der Waals surface area contributed by atoms with Gasteiger partial charge >= 0.3 is 6.09 Å². The van der Waals surface area contributed by atoms with E-state index in [4.69, 9.17) is 14.2 Å². The number of para-hydroxylation sites is 2. The van der Waals surface area contributed by atoms with Crippen LogP contribution in [0.4, 0.5) is 4.79 Å². The molecule has 0 aromatic heterocycles. The van der Waals surface area contributed by atoms with Gasteiger partial charge in [0.05, 0.1) is 0 Å². The van der Waals surface area contributed by atoms with Crippen LogP contribution in [-0.4, -0.2) is 90.6 Å². The smallest absolute Gasteiger partial charge is 0.410 e. The third-order valence-corrected chi connectivity index (χ3v) is 9.32. The van der Waals surface area contributed by atoms with Gasteiger partial charge in [-0.25, -0.2) is 4.79 Å². The standard InChI is InChI=1S/C24H30N2O4.C19H22N2O2/c1-24(2,3)30-23(28)26-16-14-19(15-17-26)25(4)22(27)18-10-12-21(13-11-18)29-20-8-6-5-7-9-20;1-21(16-11-13-20-14-12-16)19(22)15-7-9-18(10-8-15)23-17-5-3-2-4-6-17/h5-13,19H,14-17H2,1-4H3;2-10,16,20H,11-14H2,1H3. The minimum atomic E-state index is -0.503. The van der Waals surface area contributed by atoms with E-state index in [1.165, 1.54) is 0 Å². The highest BCUT2D eigenvalue weighted by atomic mass is 16.6. The monoisotopic (exact) mass is 720 g/mol. The topological polar surface area (TPSA) is 101 Å². The number of hydrogen-bond donors (Lipinski definition) is 1. The van der Waals surface area contributed by atoms with Crippen molar-refractivity contribution in [3.05, 3.63) is 120 Å². The quantitative estimate of drug-likeness (QED) is 0.196. The van der Waals surface area contributed by atoms with Crippen molar-refractivity contribution in [1.82, 2.24) is 20.0 Å². The lowest BCUT2D eigenvalue weighted by atomic mass is 10.0. The minimum absolute atomic E-state index is 0.0306. The lowest BCUT2D eigenvalue weighted by Crippen LogP contribution is -2.48. The number of carbonyl (C=O) groups excluding carboxylic acids is 3. The van der Waals surface area contributed by atoms with E-state index < -0.39 is 5.60 Å². The van der Waals surface area contributed by atoms with Crippen molar-refractivity contribution in [2.75, 3.05) is 40.3 Å². The van der Waals surface area contributed by atoms with E-state index in [0.717, 1.165) is 56.0 Å². The summed E-state index contributed by atoms with van der Waals surface area (Å²) in [6.07, 6.45) is 3.20. The first kappa shape index (κ1) is 38.9. The molecule has 280 valence electrons. The van der Waals surface area contributed by atoms with Crippen molar-refractivity contribution in [3.63, 3.8) is 0 Å². The molecule has 3 amide bonds. The SMILES string of the molecule is CN(C(=O)c1ccc(Oc2ccccc2)cc1)C1CCN(C(=O)OC(C)(C)C)CC1.CN(C(=O)c1ccc(Oc2ccccc2)cc1)C1CCNCC1. The first-order valence-electron chi connectivity index (χ1n) is 18.4. The Hall–Kier alpha value is -5.35. The Labute approximate surface area is 313 Å². The van der Waals surface area contributed by atoms with Crippen molar-refractivity contribution < 1.29 is 28.6 Å². The van der Waals surface area contributed by atoms with Gasteiger partial charge in [0.1, 0.15) is 28.6 Å². The fourth-order valence-corrected chi connectivity index (χ4v) is 6.28. The summed E-state index contributed by atoms with van der Waals surface area (Å²) >= 11 is 0. The fourth-order valence-electron chi connectivity index (χ4n) is 6.28. The number of likely N-dealkylation sites (tertiary alicyclic amines) is 1. The second-order valence-electron chi connectivity index (χ2n) is 14.4. The average Bonchev–Trinajstić information content (AvgIpc) is 3.18. The van der Waals surface area contributed by atoms with E-state index in [1.54, 1.807) is 34.1 Å². The van der Waals surface area contributed by atoms with Gasteiger partial charge in [-0.1, -0.05) is 36.4 Å². The van der Waals surface area contributed by atoms with Crippen molar-refractivity contribution in [2.24, 2.45) is 0 Å². The Kier molecular flexibility index (Phi) is 13.5. The van der Waals surface area contributed by atoms with E-state index >= 15 is 0 Å². The number of carbonyl (C=O) groups is 3. The minimum Gasteiger partial charge on any atom is -0.457 e. The van der Waals surface area contributed by atoms with Crippen LogP contribution in [0, 0.1) is 0 Å². The number of hydrogen-bond acceptors (Lipinski definition) is 7. The predicted octanol–water partition coefficient (Wildman–Crippen LogP) is 8.25. The average molecular weight is 721 g/mol. The Bertz CT molecular complexity index is 1750. The molecule has 2 aliphatic heterocycles. The van der Waals surface area contributed by atoms with Gasteiger partial charge in [-0.15, -0.1) is 0 Å². The lowest BCUT2D eigenvalue weighted by molar-refractivity contribution is 0.0159. The highest BCUT2D eigenvalue weighted by molar-refractivity contribution is 5.95. The molecule has 0 saturated carbocycles. The second kappa shape index (κ2) is 18.4. The maximum atomic E-state index is 12.9. The summed E-state index contributed by atoms with van der Waals surface area (Å²) < 4.78 is 17.0. The normalized spacial score (nSPS) is 15.0. The first-order chi connectivity index (χ1) is 25.5. The molecule has 10 heteroatoms. The van der Waals surface area contributed by atoms with Gasteiger partial charge in [-0.05, 0) is 132 Å². The number of amides is 3. The largest absolute Gasteiger partial charge is 0.457 e. The van der Waals surface area contributed by atoms with Crippen LogP contribution >= 0.6 is 0 Å². The summed E-state index contributed by atoms with van der Waals surface area (Å²) in [5.74, 6) is 3.01. The second-order valence-corrected chi connectivity index (χ2v) is 14.4. The van der Waals surface area contributed by atoms with Gasteiger partial charge in [0.2, 0.25) is 0 Å². The molecule has 53 heavy (non-hydrogen) atoms. The molecule has 0 atom stereocenters. The molecule has 0 bridgehead atoms. The van der Waals surface area contributed by atoms with Crippen molar-refractivity contribution in [1.29, 1.82) is 0 Å². The van der Waals surface area contributed by atoms with Crippen LogP contribution in [0.25, 0.3) is 0 Å². The predicted molar refractivity (Wildman–Crippen MR) is 207 cm³/mol. The molecular formula is C43H52N4O6. The van der Waals surface area contributed by atoms with Gasteiger partial charge in [-0.3, -0.25) is 9.59 Å². The maximum absolute atomic E-state index is 12.9. The molecule has 4 aromatic rings. The first-order valence-corrected chi connectivity index (χ1v) is 18.4. The molecule has 2 heterocycles. The summed E-state index contributed by atoms with van der Waals surface area (Å²) in [6.45, 7) is 8.71. The van der Waals surface area contributed by atoms with Crippen LogP contribution in [0.2, 0.25) is 0 Å². The van der Waals surface area contributed by atoms with Crippen LogP contribution in [0.3, 0.4) is 0 Å². The van der Waals surface area contributed by atoms with Gasteiger partial charge < -0.3 is 34.2 Å². The molecule has 10 nitrogen and oxygen atoms in total. The summed E-state index contributed by atoms with van der Waals surface area (Å²) in [4.78, 5) is 43.1. The van der Waals surface area contributed by atoms with Gasteiger partial charge in [0, 0.05) is 50.4 Å². The van der Waals surface area contributed by atoms with E-state index in [0.29, 0.717) is 36.0 Å². The van der Waals surface area contributed by atoms with E-state index in [-0.39, 0.29) is 23.9 Å². The third kappa shape index (κ3) is 11.6. The number of benzene rings is 4. The molecule has 0 radical (unpaired) electrons. The number of nitrogens with one attached hydrogen (secondary N) is 1. The number of piperidine rings is 2. The zero-order chi connectivity index (χ0) is 37.8. The van der Waals surface area contributed by atoms with E-state index in [2.05, 4.69) is 5.32 Å². The van der Waals surface area contributed by atoms with Gasteiger partial charge in [0.15, 0.2) is 0 Å². The summed E-state index contributed by atoms with van der Waals surface area (Å²) in [5.41, 5.74) is 0.816. The molecule has 2 aliphatic rings. The van der Waals surface area contributed by atoms with Crippen LogP contribution in [0.15, 0.2) is 109 Å². The number of rotatable bonds is 8. The summed E-state index contributed by atoms with van der Waals surface area (Å²) in [6, 6.07) is 34.1. The Morgan fingerprint density at radius 2 is 0.962 bits per heavy atom. The van der Waals surface area contributed by atoms with Crippen LogP contribution in [0.5, 0.6) is 23.0 Å². The lowest BCUT2D eigenvalue weighted by Gasteiger charge is -2.37. The molecule has 0 aliphatic carbocycles. The van der Waals surface area contributed by atoms with E-state index in [1.807, 2.05) is 125 Å². The van der Waals surface area contributed by atoms with Crippen LogP contribution < -0.4 is 14.8 Å². The summed E-state index contributed by atoms with van der Waals surface area (Å²) in [5, 5.41) is 3.32. The van der Waals surface area contributed by atoms with Crippen molar-refractivity contribution >= 4 is 17.9 Å². The molecule has 1 N–H and O–H groups in total. The Morgan fingerprint density at radius 3 is 1.36 bits per heavy atom. The molecule has 0 unspecified atom stereocenters. The molecule has 2 saturated heterocycles. The Balaban J connectivity index is 0.000000211. The maximum Gasteiger partial charge on any atom is 0.410 e. The van der Waals surface area contributed by atoms with Crippen LogP contribution in [0.1, 0.15) is 67.2 Å². The highest BCUT2D eigenvalue weighted by Gasteiger charge is 2.30. The fraction of sp³-hybridized carbons (Fsp3) is 0.372. The zero-order valence-electron chi connectivity index (χ0n) is 31.5. The Morgan fingerprint density at radius 1 is 0.585 bits per heavy atom. The summed E-state index contributed by atoms with van der Waals surface area (Å²) in [7, 11) is 3.72. The van der Waals surface area contributed by atoms with Crippen molar-refractivity contribution in [2.45, 2.75) is 64.1 Å². The van der Waals surface area contributed by atoms with E-state index in [9.17, 15) is 14.4 Å². The third-order valence-electron chi connectivity index (χ3n) is 9.32. The van der Waals surface area contributed by atoms with Gasteiger partial charge in [0.25, 0.3) is 11.8 Å². The molecular weight excluding hydrogens is 668 g/mol.